The van der Waals surface area contributed by atoms with Gasteiger partial charge in [-0.05, 0) is 61.6 Å². The van der Waals surface area contributed by atoms with Crippen molar-refractivity contribution in [1.29, 1.82) is 0 Å². The third kappa shape index (κ3) is 5.31. The number of ether oxygens (including phenoxy) is 1. The van der Waals surface area contributed by atoms with Crippen LogP contribution in [0.1, 0.15) is 74.7 Å². The average molecular weight is 545 g/mol. The van der Waals surface area contributed by atoms with Crippen molar-refractivity contribution < 1.29 is 14.3 Å². The zero-order chi connectivity index (χ0) is 27.9. The number of hydrogen-bond acceptors (Lipinski definition) is 7. The zero-order valence-electron chi connectivity index (χ0n) is 23.6. The molecular formula is C31H40N6O3. The second-order valence-corrected chi connectivity index (χ2v) is 12.0. The van der Waals surface area contributed by atoms with Gasteiger partial charge < -0.3 is 15.0 Å². The highest BCUT2D eigenvalue weighted by Gasteiger charge is 2.48. The monoisotopic (exact) mass is 544 g/mol. The van der Waals surface area contributed by atoms with E-state index in [0.717, 1.165) is 50.5 Å². The number of rotatable bonds is 9. The van der Waals surface area contributed by atoms with Crippen LogP contribution >= 0.6 is 0 Å². The lowest BCUT2D eigenvalue weighted by Gasteiger charge is -2.56. The molecule has 9 nitrogen and oxygen atoms in total. The number of amides is 2. The fourth-order valence-corrected chi connectivity index (χ4v) is 6.52. The minimum absolute atomic E-state index is 0.00957. The molecule has 2 saturated heterocycles. The Morgan fingerprint density at radius 1 is 1.20 bits per heavy atom. The molecule has 3 fully saturated rings. The molecule has 4 aliphatic rings. The van der Waals surface area contributed by atoms with Gasteiger partial charge in [0.15, 0.2) is 0 Å². The second-order valence-electron chi connectivity index (χ2n) is 12.0. The Labute approximate surface area is 236 Å². The average Bonchev–Trinajstić information content (AvgIpc) is 3.79. The molecule has 3 aliphatic heterocycles. The lowest BCUT2D eigenvalue weighted by atomic mass is 9.70. The van der Waals surface area contributed by atoms with Gasteiger partial charge in [0.1, 0.15) is 12.4 Å². The lowest BCUT2D eigenvalue weighted by molar-refractivity contribution is -0.132. The number of piperidine rings is 1. The highest BCUT2D eigenvalue weighted by atomic mass is 16.6. The zero-order valence-corrected chi connectivity index (χ0v) is 23.6. The van der Waals surface area contributed by atoms with Crippen molar-refractivity contribution in [1.82, 2.24) is 19.8 Å². The number of anilines is 2. The third-order valence-corrected chi connectivity index (χ3v) is 9.23. The van der Waals surface area contributed by atoms with Crippen LogP contribution in [0.4, 0.5) is 16.6 Å². The molecule has 1 unspecified atom stereocenters. The van der Waals surface area contributed by atoms with Crippen molar-refractivity contribution in [3.63, 3.8) is 0 Å². The molecular weight excluding hydrogens is 504 g/mol. The van der Waals surface area contributed by atoms with Crippen molar-refractivity contribution in [3.05, 3.63) is 59.8 Å². The van der Waals surface area contributed by atoms with Gasteiger partial charge in [-0.15, -0.1) is 0 Å². The molecule has 1 aromatic carbocycles. The van der Waals surface area contributed by atoms with Crippen LogP contribution in [0.3, 0.4) is 0 Å². The van der Waals surface area contributed by atoms with Gasteiger partial charge in [0.05, 0.1) is 11.6 Å². The summed E-state index contributed by atoms with van der Waals surface area (Å²) in [6.07, 6.45) is 8.90. The summed E-state index contributed by atoms with van der Waals surface area (Å²) in [7, 11) is 0. The summed E-state index contributed by atoms with van der Waals surface area (Å²) < 4.78 is 5.20. The van der Waals surface area contributed by atoms with Gasteiger partial charge >= 0.3 is 6.09 Å². The number of aromatic nitrogens is 2. The number of likely N-dealkylation sites (tertiary alicyclic amines) is 2. The third-order valence-electron chi connectivity index (χ3n) is 9.23. The number of cyclic esters (lactones) is 1. The van der Waals surface area contributed by atoms with Crippen LogP contribution < -0.4 is 10.2 Å². The number of benzene rings is 1. The quantitative estimate of drug-likeness (QED) is 0.441. The molecule has 212 valence electrons. The Bertz CT molecular complexity index is 1260. The molecule has 0 bridgehead atoms. The molecule has 2 aromatic rings. The maximum absolute atomic E-state index is 12.1. The number of hydrogen-bond donors (Lipinski definition) is 1. The highest BCUT2D eigenvalue weighted by Crippen LogP contribution is 2.48. The van der Waals surface area contributed by atoms with Gasteiger partial charge in [0, 0.05) is 45.0 Å². The van der Waals surface area contributed by atoms with Gasteiger partial charge in [-0.1, -0.05) is 43.7 Å². The van der Waals surface area contributed by atoms with E-state index in [1.807, 2.05) is 11.8 Å². The first-order valence-corrected chi connectivity index (χ1v) is 14.7. The predicted octanol–water partition coefficient (Wildman–Crippen LogP) is 5.08. The van der Waals surface area contributed by atoms with E-state index in [4.69, 9.17) is 4.74 Å². The van der Waals surface area contributed by atoms with Crippen molar-refractivity contribution in [2.24, 2.45) is 11.3 Å². The van der Waals surface area contributed by atoms with Gasteiger partial charge in [-0.25, -0.2) is 9.78 Å². The molecule has 6 rings (SSSR count). The van der Waals surface area contributed by atoms with E-state index < -0.39 is 0 Å². The second kappa shape index (κ2) is 10.8. The maximum atomic E-state index is 12.1. The molecule has 9 heteroatoms. The molecule has 1 N–H and O–H groups in total. The minimum Gasteiger partial charge on any atom is -0.444 e. The Balaban J connectivity index is 1.10. The van der Waals surface area contributed by atoms with Crippen molar-refractivity contribution in [2.75, 3.05) is 42.9 Å². The Morgan fingerprint density at radius 3 is 2.55 bits per heavy atom. The molecule has 40 heavy (non-hydrogen) atoms. The number of nitrogens with zero attached hydrogens (tertiary/aromatic N) is 5. The van der Waals surface area contributed by atoms with Crippen molar-refractivity contribution in [3.8, 4) is 0 Å². The van der Waals surface area contributed by atoms with E-state index in [9.17, 15) is 9.59 Å². The van der Waals surface area contributed by atoms with Gasteiger partial charge in [0.2, 0.25) is 11.9 Å². The van der Waals surface area contributed by atoms with E-state index in [0.29, 0.717) is 29.8 Å². The minimum atomic E-state index is -0.370. The van der Waals surface area contributed by atoms with Crippen LogP contribution in [0.5, 0.6) is 0 Å². The van der Waals surface area contributed by atoms with Crippen LogP contribution in [0, 0.1) is 11.3 Å². The largest absolute Gasteiger partial charge is 0.444 e. The molecule has 1 spiro atoms. The highest BCUT2D eigenvalue weighted by molar-refractivity contribution is 5.89. The number of carbonyl (C=O) groups is 2. The van der Waals surface area contributed by atoms with E-state index >= 15 is 0 Å². The summed E-state index contributed by atoms with van der Waals surface area (Å²) in [6, 6.07) is 9.48. The Kier molecular flexibility index (Phi) is 7.25. The van der Waals surface area contributed by atoms with Crippen LogP contribution in [-0.2, 0) is 16.1 Å². The fraction of sp³-hybridized carbons (Fsp3) is 0.548. The Hall–Kier alpha value is -3.46. The normalized spacial score (nSPS) is 21.7. The molecule has 2 atom stereocenters. The summed E-state index contributed by atoms with van der Waals surface area (Å²) >= 11 is 0. The molecule has 4 heterocycles. The summed E-state index contributed by atoms with van der Waals surface area (Å²) in [5.41, 5.74) is 3.73. The topological polar surface area (TPSA) is 90.9 Å². The lowest BCUT2D eigenvalue weighted by Crippen LogP contribution is -2.61. The first kappa shape index (κ1) is 26.7. The SMILES string of the molecule is C=CC(=O)N1CCC2(CC1)CN(C(CC1CC1)c1ccc([C@H](C)Nc3ncc4c(n3)N(CC)C(=O)OC4)cc1)C2. The van der Waals surface area contributed by atoms with E-state index in [2.05, 4.69) is 58.0 Å². The molecule has 1 saturated carbocycles. The van der Waals surface area contributed by atoms with E-state index in [1.165, 1.54) is 41.4 Å². The maximum Gasteiger partial charge on any atom is 0.415 e. The van der Waals surface area contributed by atoms with Crippen LogP contribution in [-0.4, -0.2) is 64.5 Å². The van der Waals surface area contributed by atoms with Gasteiger partial charge in [-0.2, -0.15) is 4.98 Å². The Morgan fingerprint density at radius 2 is 1.90 bits per heavy atom. The van der Waals surface area contributed by atoms with Crippen LogP contribution in [0.15, 0.2) is 43.1 Å². The molecule has 2 amide bonds. The standard InChI is InChI=1S/C31H40N6O3/c1-4-27(38)35-14-12-31(13-15-35)19-36(20-31)26(16-22-6-7-22)24-10-8-23(9-11-24)21(3)33-29-32-17-25-18-40-30(39)37(5-2)28(25)34-29/h4,8-11,17,21-22,26H,1,5-7,12-16,18-20H2,2-3H3,(H,32,33,34)/t21-,26?/m0/s1. The summed E-state index contributed by atoms with van der Waals surface area (Å²) in [5.74, 6) is 2.02. The smallest absolute Gasteiger partial charge is 0.415 e. The first-order chi connectivity index (χ1) is 19.4. The first-order valence-electron chi connectivity index (χ1n) is 14.7. The van der Waals surface area contributed by atoms with Gasteiger partial charge in [0.25, 0.3) is 0 Å². The van der Waals surface area contributed by atoms with Crippen LogP contribution in [0.2, 0.25) is 0 Å². The number of carbonyl (C=O) groups excluding carboxylic acids is 2. The van der Waals surface area contributed by atoms with E-state index in [-0.39, 0.29) is 24.6 Å². The molecule has 1 aliphatic carbocycles. The van der Waals surface area contributed by atoms with Crippen molar-refractivity contribution >= 4 is 23.8 Å². The number of nitrogens with one attached hydrogen (secondary N) is 1. The number of fused-ring (bicyclic) bond motifs is 1. The molecule has 0 radical (unpaired) electrons. The summed E-state index contributed by atoms with van der Waals surface area (Å²) in [6.45, 7) is 12.3. The predicted molar refractivity (Wildman–Crippen MR) is 154 cm³/mol. The van der Waals surface area contributed by atoms with Gasteiger partial charge in [-0.3, -0.25) is 14.6 Å². The summed E-state index contributed by atoms with van der Waals surface area (Å²) in [5, 5.41) is 3.41. The summed E-state index contributed by atoms with van der Waals surface area (Å²) in [4.78, 5) is 39.4. The van der Waals surface area contributed by atoms with Crippen LogP contribution in [0.25, 0.3) is 0 Å². The molecule has 1 aromatic heterocycles. The van der Waals surface area contributed by atoms with Crippen molar-refractivity contribution in [2.45, 2.75) is 64.6 Å². The van der Waals surface area contributed by atoms with E-state index in [1.54, 1.807) is 6.20 Å². The fourth-order valence-electron chi connectivity index (χ4n) is 6.52.